The van der Waals surface area contributed by atoms with E-state index in [1.54, 1.807) is 49.4 Å². The molecule has 0 radical (unpaired) electrons. The number of benzene rings is 2. The number of likely N-dealkylation sites (N-methyl/N-ethyl adjacent to an activating group) is 1. The molecular weight excluding hydrogens is 498 g/mol. The number of nitrogens with one attached hydrogen (secondary N) is 1. The van der Waals surface area contributed by atoms with Crippen LogP contribution in [0.2, 0.25) is 0 Å². The topological polar surface area (TPSA) is 114 Å². The third-order valence-corrected chi connectivity index (χ3v) is 7.30. The molecule has 1 heterocycles. The molecule has 2 aromatic carbocycles. The van der Waals surface area contributed by atoms with Gasteiger partial charge in [-0.1, -0.05) is 19.1 Å². The first-order valence-electron chi connectivity index (χ1n) is 12.2. The number of methoxy groups -OCH3 is 1. The smallest absolute Gasteiger partial charge is 0.242 e. The van der Waals surface area contributed by atoms with E-state index in [0.29, 0.717) is 42.6 Å². The van der Waals surface area contributed by atoms with Crippen LogP contribution in [0.5, 0.6) is 17.2 Å². The van der Waals surface area contributed by atoms with Crippen LogP contribution in [0, 0.1) is 0 Å². The van der Waals surface area contributed by atoms with Gasteiger partial charge in [0.1, 0.15) is 25.0 Å². The number of carbonyl (C=O) groups excluding carboxylic acids is 2. The van der Waals surface area contributed by atoms with Crippen molar-refractivity contribution in [2.75, 3.05) is 44.5 Å². The molecule has 0 saturated heterocycles. The predicted octanol–water partition coefficient (Wildman–Crippen LogP) is 2.57. The number of carbonyl (C=O) groups is 2. The van der Waals surface area contributed by atoms with Gasteiger partial charge in [-0.3, -0.25) is 13.9 Å². The van der Waals surface area contributed by atoms with Crippen LogP contribution in [0.15, 0.2) is 42.5 Å². The molecule has 1 aliphatic rings. The van der Waals surface area contributed by atoms with Gasteiger partial charge in [0.2, 0.25) is 21.8 Å². The third kappa shape index (κ3) is 7.28. The highest BCUT2D eigenvalue weighted by molar-refractivity contribution is 7.92. The summed E-state index contributed by atoms with van der Waals surface area (Å²) in [5.41, 5.74) is 1.29. The number of ether oxygens (including phenoxy) is 3. The standard InChI is InChI=1S/C26H35N3O7S/c1-5-22(26(31)27-2)28(18-19-8-11-21(34-3)12-9-19)25(30)7-6-14-29(37(4,32)33)20-10-13-23-24(17-20)36-16-15-35-23/h8-13,17,22H,5-7,14-16,18H2,1-4H3,(H,27,31)/t22-/m1/s1. The van der Waals surface area contributed by atoms with Crippen molar-refractivity contribution in [3.63, 3.8) is 0 Å². The van der Waals surface area contributed by atoms with Gasteiger partial charge in [-0.15, -0.1) is 0 Å². The van der Waals surface area contributed by atoms with E-state index < -0.39 is 16.1 Å². The van der Waals surface area contributed by atoms with Crippen molar-refractivity contribution in [3.05, 3.63) is 48.0 Å². The average Bonchev–Trinajstić information content (AvgIpc) is 2.90. The lowest BCUT2D eigenvalue weighted by molar-refractivity contribution is -0.141. The molecule has 2 amide bonds. The van der Waals surface area contributed by atoms with Crippen molar-refractivity contribution in [3.8, 4) is 17.2 Å². The molecule has 0 spiro atoms. The first kappa shape index (κ1) is 28.1. The van der Waals surface area contributed by atoms with Crippen molar-refractivity contribution >= 4 is 27.5 Å². The summed E-state index contributed by atoms with van der Waals surface area (Å²) in [6.07, 6.45) is 1.90. The van der Waals surface area contributed by atoms with Gasteiger partial charge in [0.15, 0.2) is 11.5 Å². The second-order valence-corrected chi connectivity index (χ2v) is 10.6. The van der Waals surface area contributed by atoms with Crippen LogP contribution in [0.1, 0.15) is 31.7 Å². The van der Waals surface area contributed by atoms with Gasteiger partial charge in [-0.05, 0) is 42.7 Å². The zero-order valence-corrected chi connectivity index (χ0v) is 22.5. The summed E-state index contributed by atoms with van der Waals surface area (Å²) in [4.78, 5) is 27.5. The van der Waals surface area contributed by atoms with E-state index in [1.165, 1.54) is 4.31 Å². The number of fused-ring (bicyclic) bond motifs is 1. The number of nitrogens with zero attached hydrogens (tertiary/aromatic N) is 2. The summed E-state index contributed by atoms with van der Waals surface area (Å²) < 4.78 is 42.7. The predicted molar refractivity (Wildman–Crippen MR) is 141 cm³/mol. The maximum atomic E-state index is 13.4. The molecule has 1 aliphatic heterocycles. The zero-order valence-electron chi connectivity index (χ0n) is 21.7. The summed E-state index contributed by atoms with van der Waals surface area (Å²) in [6, 6.07) is 11.6. The summed E-state index contributed by atoms with van der Waals surface area (Å²) in [5, 5.41) is 2.63. The largest absolute Gasteiger partial charge is 0.497 e. The van der Waals surface area contributed by atoms with Crippen molar-refractivity contribution in [2.45, 2.75) is 38.8 Å². The van der Waals surface area contributed by atoms with Gasteiger partial charge in [-0.25, -0.2) is 8.42 Å². The van der Waals surface area contributed by atoms with Crippen molar-refractivity contribution in [1.29, 1.82) is 0 Å². The lowest BCUT2D eigenvalue weighted by atomic mass is 10.1. The number of anilines is 1. The Morgan fingerprint density at radius 3 is 2.35 bits per heavy atom. The lowest BCUT2D eigenvalue weighted by Crippen LogP contribution is -2.48. The molecule has 1 atom stereocenters. The fraction of sp³-hybridized carbons (Fsp3) is 0.462. The molecule has 0 saturated carbocycles. The van der Waals surface area contributed by atoms with Gasteiger partial charge < -0.3 is 24.4 Å². The highest BCUT2D eigenvalue weighted by Crippen LogP contribution is 2.34. The molecular formula is C26H35N3O7S. The third-order valence-electron chi connectivity index (χ3n) is 6.11. The molecule has 10 nitrogen and oxygen atoms in total. The molecule has 37 heavy (non-hydrogen) atoms. The molecule has 0 bridgehead atoms. The van der Waals surface area contributed by atoms with E-state index in [1.807, 2.05) is 19.1 Å². The highest BCUT2D eigenvalue weighted by Gasteiger charge is 2.28. The van der Waals surface area contributed by atoms with Crippen LogP contribution >= 0.6 is 0 Å². The van der Waals surface area contributed by atoms with E-state index in [4.69, 9.17) is 14.2 Å². The van der Waals surface area contributed by atoms with Crippen LogP contribution in [0.4, 0.5) is 5.69 Å². The van der Waals surface area contributed by atoms with E-state index >= 15 is 0 Å². The quantitative estimate of drug-likeness (QED) is 0.446. The Kier molecular flexibility index (Phi) is 9.62. The first-order valence-corrected chi connectivity index (χ1v) is 14.0. The Morgan fingerprint density at radius 1 is 1.08 bits per heavy atom. The van der Waals surface area contributed by atoms with Crippen LogP contribution in [-0.2, 0) is 26.2 Å². The maximum absolute atomic E-state index is 13.4. The Labute approximate surface area is 218 Å². The van der Waals surface area contributed by atoms with E-state index in [-0.39, 0.29) is 37.7 Å². The minimum atomic E-state index is -3.62. The number of hydrogen-bond acceptors (Lipinski definition) is 7. The summed E-state index contributed by atoms with van der Waals surface area (Å²) >= 11 is 0. The lowest BCUT2D eigenvalue weighted by Gasteiger charge is -2.31. The minimum absolute atomic E-state index is 0.0697. The number of sulfonamides is 1. The molecule has 0 unspecified atom stereocenters. The monoisotopic (exact) mass is 533 g/mol. The van der Waals surface area contributed by atoms with Crippen LogP contribution in [0.3, 0.4) is 0 Å². The van der Waals surface area contributed by atoms with Crippen molar-refractivity contribution in [2.24, 2.45) is 0 Å². The SMILES string of the molecule is CC[C@H](C(=O)NC)N(Cc1ccc(OC)cc1)C(=O)CCCN(c1ccc2c(c1)OCCO2)S(C)(=O)=O. The van der Waals surface area contributed by atoms with Crippen molar-refractivity contribution < 1.29 is 32.2 Å². The Hall–Kier alpha value is -3.47. The summed E-state index contributed by atoms with van der Waals surface area (Å²) in [5.74, 6) is 1.25. The average molecular weight is 534 g/mol. The van der Waals surface area contributed by atoms with Crippen LogP contribution in [0.25, 0.3) is 0 Å². The number of amides is 2. The van der Waals surface area contributed by atoms with Gasteiger partial charge in [0, 0.05) is 32.6 Å². The van der Waals surface area contributed by atoms with Gasteiger partial charge in [0.05, 0.1) is 19.1 Å². The van der Waals surface area contributed by atoms with Gasteiger partial charge in [-0.2, -0.15) is 0 Å². The Balaban J connectivity index is 1.75. The second-order valence-electron chi connectivity index (χ2n) is 8.67. The molecule has 0 aromatic heterocycles. The number of rotatable bonds is 12. The fourth-order valence-electron chi connectivity index (χ4n) is 4.20. The maximum Gasteiger partial charge on any atom is 0.242 e. The van der Waals surface area contributed by atoms with Gasteiger partial charge >= 0.3 is 0 Å². The highest BCUT2D eigenvalue weighted by atomic mass is 32.2. The second kappa shape index (κ2) is 12.7. The minimum Gasteiger partial charge on any atom is -0.497 e. The fourth-order valence-corrected chi connectivity index (χ4v) is 5.16. The molecule has 1 N–H and O–H groups in total. The van der Waals surface area contributed by atoms with Crippen LogP contribution < -0.4 is 23.8 Å². The molecule has 202 valence electrons. The molecule has 0 fully saturated rings. The van der Waals surface area contributed by atoms with E-state index in [9.17, 15) is 18.0 Å². The Bertz CT molecular complexity index is 1190. The van der Waals surface area contributed by atoms with E-state index in [0.717, 1.165) is 11.8 Å². The zero-order chi connectivity index (χ0) is 27.0. The first-order chi connectivity index (χ1) is 17.7. The van der Waals surface area contributed by atoms with Crippen LogP contribution in [-0.4, -0.2) is 71.3 Å². The van der Waals surface area contributed by atoms with E-state index in [2.05, 4.69) is 5.32 Å². The van der Waals surface area contributed by atoms with Crippen molar-refractivity contribution in [1.82, 2.24) is 10.2 Å². The normalized spacial score (nSPS) is 13.4. The molecule has 3 rings (SSSR count). The van der Waals surface area contributed by atoms with Gasteiger partial charge in [0.25, 0.3) is 0 Å². The molecule has 2 aromatic rings. The molecule has 11 heteroatoms. The number of hydrogen-bond donors (Lipinski definition) is 1. The Morgan fingerprint density at radius 2 is 1.76 bits per heavy atom. The summed E-state index contributed by atoms with van der Waals surface area (Å²) in [6.45, 7) is 3.01. The molecule has 0 aliphatic carbocycles. The summed E-state index contributed by atoms with van der Waals surface area (Å²) in [7, 11) is -0.502.